The Bertz CT molecular complexity index is 626. The largest absolute Gasteiger partial charge is 0.507 e. The SMILES string of the molecule is CCC(=O)c1c(O)cc([C@H](C)CCC=CC(=O)OC)oc1=O. The molecule has 1 aromatic heterocycles. The molecule has 0 saturated heterocycles. The predicted molar refractivity (Wildman–Crippen MR) is 80.1 cm³/mol. The van der Waals surface area contributed by atoms with Crippen molar-refractivity contribution in [2.45, 2.75) is 39.0 Å². The lowest BCUT2D eigenvalue weighted by Gasteiger charge is -2.10. The Balaban J connectivity index is 2.81. The summed E-state index contributed by atoms with van der Waals surface area (Å²) in [6, 6.07) is 1.30. The summed E-state index contributed by atoms with van der Waals surface area (Å²) in [7, 11) is 1.30. The lowest BCUT2D eigenvalue weighted by molar-refractivity contribution is -0.134. The number of carbonyl (C=O) groups is 2. The third-order valence-corrected chi connectivity index (χ3v) is 3.26. The minimum absolute atomic E-state index is 0.117. The molecule has 0 amide bonds. The van der Waals surface area contributed by atoms with Crippen LogP contribution in [-0.4, -0.2) is 24.0 Å². The molecule has 6 heteroatoms. The number of ketones is 1. The number of hydrogen-bond acceptors (Lipinski definition) is 6. The van der Waals surface area contributed by atoms with E-state index in [1.54, 1.807) is 13.0 Å². The number of ether oxygens (including phenoxy) is 1. The molecule has 0 fully saturated rings. The zero-order chi connectivity index (χ0) is 16.7. The number of aromatic hydroxyl groups is 1. The average molecular weight is 308 g/mol. The Labute approximate surface area is 128 Å². The molecule has 1 rings (SSSR count). The van der Waals surface area contributed by atoms with E-state index >= 15 is 0 Å². The van der Waals surface area contributed by atoms with Gasteiger partial charge >= 0.3 is 11.6 Å². The Morgan fingerprint density at radius 2 is 2.14 bits per heavy atom. The topological polar surface area (TPSA) is 93.8 Å². The van der Waals surface area contributed by atoms with E-state index in [2.05, 4.69) is 4.74 Å². The second-order valence-electron chi connectivity index (χ2n) is 4.88. The molecule has 0 aromatic carbocycles. The highest BCUT2D eigenvalue weighted by atomic mass is 16.5. The van der Waals surface area contributed by atoms with E-state index in [4.69, 9.17) is 4.42 Å². The molecule has 0 bridgehead atoms. The van der Waals surface area contributed by atoms with Crippen molar-refractivity contribution in [1.29, 1.82) is 0 Å². The summed E-state index contributed by atoms with van der Waals surface area (Å²) >= 11 is 0. The number of Topliss-reactive ketones (excluding diaryl/α,β-unsaturated/α-hetero) is 1. The first-order chi connectivity index (χ1) is 10.4. The standard InChI is InChI=1S/C16H20O6/c1-4-11(17)15-12(18)9-13(22-16(15)20)10(2)7-5-6-8-14(19)21-3/h6,8-10,18H,4-5,7H2,1-3H3/t10-/m1/s1. The van der Waals surface area contributed by atoms with Crippen LogP contribution in [-0.2, 0) is 9.53 Å². The number of rotatable bonds is 7. The van der Waals surface area contributed by atoms with Crippen LogP contribution >= 0.6 is 0 Å². The fourth-order valence-electron chi connectivity index (χ4n) is 1.91. The van der Waals surface area contributed by atoms with E-state index in [-0.39, 0.29) is 23.7 Å². The number of carbonyl (C=O) groups excluding carboxylic acids is 2. The molecule has 1 heterocycles. The molecule has 22 heavy (non-hydrogen) atoms. The Kier molecular flexibility index (Phi) is 6.56. The smallest absolute Gasteiger partial charge is 0.350 e. The Morgan fingerprint density at radius 3 is 2.68 bits per heavy atom. The summed E-state index contributed by atoms with van der Waals surface area (Å²) in [5.74, 6) is -1.07. The Hall–Kier alpha value is -2.37. The lowest BCUT2D eigenvalue weighted by atomic mass is 10.0. The van der Waals surface area contributed by atoms with Crippen molar-refractivity contribution in [3.63, 3.8) is 0 Å². The van der Waals surface area contributed by atoms with Crippen molar-refractivity contribution in [3.05, 3.63) is 40.0 Å². The first kappa shape index (κ1) is 17.7. The van der Waals surface area contributed by atoms with Crippen LogP contribution in [0.2, 0.25) is 0 Å². The van der Waals surface area contributed by atoms with Gasteiger partial charge in [0.25, 0.3) is 0 Å². The highest BCUT2D eigenvalue weighted by Gasteiger charge is 2.19. The molecule has 0 spiro atoms. The third-order valence-electron chi connectivity index (χ3n) is 3.26. The van der Waals surface area contributed by atoms with Crippen LogP contribution in [0.25, 0.3) is 0 Å². The van der Waals surface area contributed by atoms with Crippen LogP contribution < -0.4 is 5.63 Å². The predicted octanol–water partition coefficient (Wildman–Crippen LogP) is 2.55. The summed E-state index contributed by atoms with van der Waals surface area (Å²) < 4.78 is 9.59. The van der Waals surface area contributed by atoms with Gasteiger partial charge in [-0.2, -0.15) is 0 Å². The van der Waals surface area contributed by atoms with E-state index in [9.17, 15) is 19.5 Å². The molecule has 0 aliphatic rings. The lowest BCUT2D eigenvalue weighted by Crippen LogP contribution is -2.15. The van der Waals surface area contributed by atoms with E-state index in [0.29, 0.717) is 18.6 Å². The van der Waals surface area contributed by atoms with Gasteiger partial charge in [-0.3, -0.25) is 4.79 Å². The minimum Gasteiger partial charge on any atom is -0.507 e. The van der Waals surface area contributed by atoms with E-state index in [0.717, 1.165) is 0 Å². The third kappa shape index (κ3) is 4.58. The van der Waals surface area contributed by atoms with Gasteiger partial charge in [0.05, 0.1) is 7.11 Å². The molecule has 6 nitrogen and oxygen atoms in total. The molecule has 0 aliphatic carbocycles. The van der Waals surface area contributed by atoms with Gasteiger partial charge in [-0.15, -0.1) is 0 Å². The fraction of sp³-hybridized carbons (Fsp3) is 0.438. The maximum Gasteiger partial charge on any atom is 0.350 e. The highest BCUT2D eigenvalue weighted by Crippen LogP contribution is 2.25. The number of allylic oxidation sites excluding steroid dienone is 1. The molecule has 1 N–H and O–H groups in total. The minimum atomic E-state index is -0.821. The second-order valence-corrected chi connectivity index (χ2v) is 4.88. The fourth-order valence-corrected chi connectivity index (χ4v) is 1.91. The maximum atomic E-state index is 11.8. The van der Waals surface area contributed by atoms with Crippen LogP contribution in [0.3, 0.4) is 0 Å². The molecule has 0 aliphatic heterocycles. The van der Waals surface area contributed by atoms with Gasteiger partial charge in [0.2, 0.25) is 0 Å². The summed E-state index contributed by atoms with van der Waals surface area (Å²) in [4.78, 5) is 34.3. The van der Waals surface area contributed by atoms with Gasteiger partial charge in [-0.1, -0.05) is 19.9 Å². The van der Waals surface area contributed by atoms with Gasteiger partial charge in [-0.25, -0.2) is 9.59 Å². The molecule has 1 atom stereocenters. The number of hydrogen-bond donors (Lipinski definition) is 1. The van der Waals surface area contributed by atoms with Gasteiger partial charge in [0.15, 0.2) is 5.78 Å². The van der Waals surface area contributed by atoms with Gasteiger partial charge in [0.1, 0.15) is 17.1 Å². The monoisotopic (exact) mass is 308 g/mol. The molecular formula is C16H20O6. The Morgan fingerprint density at radius 1 is 1.45 bits per heavy atom. The average Bonchev–Trinajstić information content (AvgIpc) is 2.49. The first-order valence-electron chi connectivity index (χ1n) is 7.05. The highest BCUT2D eigenvalue weighted by molar-refractivity contribution is 5.97. The summed E-state index contributed by atoms with van der Waals surface area (Å²) in [5.41, 5.74) is -1.12. The van der Waals surface area contributed by atoms with E-state index in [1.165, 1.54) is 19.3 Å². The van der Waals surface area contributed by atoms with Crippen LogP contribution in [0.4, 0.5) is 0 Å². The van der Waals surface area contributed by atoms with Gasteiger partial charge in [-0.05, 0) is 12.8 Å². The summed E-state index contributed by atoms with van der Waals surface area (Å²) in [6.07, 6.45) is 4.29. The van der Waals surface area contributed by atoms with Crippen molar-refractivity contribution in [2.24, 2.45) is 0 Å². The quantitative estimate of drug-likeness (QED) is 0.472. The normalized spacial score (nSPS) is 12.3. The molecular weight excluding hydrogens is 288 g/mol. The van der Waals surface area contributed by atoms with Crippen molar-refractivity contribution in [1.82, 2.24) is 0 Å². The van der Waals surface area contributed by atoms with Gasteiger partial charge < -0.3 is 14.3 Å². The van der Waals surface area contributed by atoms with E-state index < -0.39 is 17.4 Å². The van der Waals surface area contributed by atoms with Crippen LogP contribution in [0.15, 0.2) is 27.4 Å². The van der Waals surface area contributed by atoms with Crippen LogP contribution in [0.1, 0.15) is 55.1 Å². The number of methoxy groups -OCH3 is 1. The molecule has 0 saturated carbocycles. The molecule has 120 valence electrons. The summed E-state index contributed by atoms with van der Waals surface area (Å²) in [6.45, 7) is 3.43. The maximum absolute atomic E-state index is 11.8. The molecule has 0 unspecified atom stereocenters. The van der Waals surface area contributed by atoms with Crippen molar-refractivity contribution < 1.29 is 23.8 Å². The number of esters is 1. The van der Waals surface area contributed by atoms with Crippen molar-refractivity contribution in [3.8, 4) is 5.75 Å². The molecule has 1 aromatic rings. The van der Waals surface area contributed by atoms with Crippen LogP contribution in [0, 0.1) is 0 Å². The molecule has 0 radical (unpaired) electrons. The van der Waals surface area contributed by atoms with E-state index in [1.807, 2.05) is 6.92 Å². The summed E-state index contributed by atoms with van der Waals surface area (Å²) in [5, 5.41) is 9.84. The van der Waals surface area contributed by atoms with Crippen molar-refractivity contribution in [2.75, 3.05) is 7.11 Å². The van der Waals surface area contributed by atoms with Crippen molar-refractivity contribution >= 4 is 11.8 Å². The van der Waals surface area contributed by atoms with Gasteiger partial charge in [0, 0.05) is 24.5 Å². The second kappa shape index (κ2) is 8.17. The zero-order valence-corrected chi connectivity index (χ0v) is 12.9. The zero-order valence-electron chi connectivity index (χ0n) is 12.9. The van der Waals surface area contributed by atoms with Crippen LogP contribution in [0.5, 0.6) is 5.75 Å². The first-order valence-corrected chi connectivity index (χ1v) is 7.05.